The lowest BCUT2D eigenvalue weighted by molar-refractivity contribution is -0.117. The summed E-state index contributed by atoms with van der Waals surface area (Å²) in [6.07, 6.45) is 1.51. The molecular weight excluding hydrogens is 456 g/mol. The average Bonchev–Trinajstić information content (AvgIpc) is 3.04. The van der Waals surface area contributed by atoms with Gasteiger partial charge >= 0.3 is 5.97 Å². The highest BCUT2D eigenvalue weighted by Crippen LogP contribution is 2.46. The maximum absolute atomic E-state index is 12.9. The van der Waals surface area contributed by atoms with Gasteiger partial charge in [-0.05, 0) is 29.8 Å². The molecule has 1 saturated heterocycles. The normalized spacial score (nSPS) is 19.1. The van der Waals surface area contributed by atoms with Crippen molar-refractivity contribution in [3.05, 3.63) is 71.4 Å². The Morgan fingerprint density at radius 1 is 1.09 bits per heavy atom. The van der Waals surface area contributed by atoms with E-state index in [4.69, 9.17) is 9.47 Å². The SMILES string of the molecule is CN1C(=CC(=O)COC(=O)c2cccc(S(=O)(=O)N3CCOCC3)c2)C(C)(C)c2ccccc21. The molecule has 0 bridgehead atoms. The Morgan fingerprint density at radius 2 is 1.79 bits per heavy atom. The summed E-state index contributed by atoms with van der Waals surface area (Å²) in [5, 5.41) is 0. The molecule has 34 heavy (non-hydrogen) atoms. The number of carbonyl (C=O) groups is 2. The second-order valence-corrected chi connectivity index (χ2v) is 10.8. The number of morpholine rings is 1. The van der Waals surface area contributed by atoms with Crippen molar-refractivity contribution >= 4 is 27.5 Å². The molecule has 0 aliphatic carbocycles. The van der Waals surface area contributed by atoms with E-state index in [1.54, 1.807) is 0 Å². The van der Waals surface area contributed by atoms with E-state index in [0.29, 0.717) is 13.2 Å². The first kappa shape index (κ1) is 24.1. The summed E-state index contributed by atoms with van der Waals surface area (Å²) in [7, 11) is -1.84. The maximum Gasteiger partial charge on any atom is 0.338 e. The van der Waals surface area contributed by atoms with Crippen molar-refractivity contribution in [3.63, 3.8) is 0 Å². The van der Waals surface area contributed by atoms with Crippen LogP contribution in [0.5, 0.6) is 0 Å². The third-order valence-corrected chi connectivity index (χ3v) is 8.16. The molecule has 0 spiro atoms. The number of para-hydroxylation sites is 1. The van der Waals surface area contributed by atoms with Crippen LogP contribution in [0.25, 0.3) is 0 Å². The van der Waals surface area contributed by atoms with E-state index in [9.17, 15) is 18.0 Å². The first-order chi connectivity index (χ1) is 16.1. The van der Waals surface area contributed by atoms with Crippen molar-refractivity contribution in [2.75, 3.05) is 44.9 Å². The van der Waals surface area contributed by atoms with Gasteiger partial charge < -0.3 is 14.4 Å². The number of ether oxygens (including phenoxy) is 2. The molecule has 4 rings (SSSR count). The van der Waals surface area contributed by atoms with Crippen LogP contribution in [0.15, 0.2) is 65.2 Å². The molecule has 2 aromatic rings. The quantitative estimate of drug-likeness (QED) is 0.460. The van der Waals surface area contributed by atoms with Crippen molar-refractivity contribution in [2.45, 2.75) is 24.2 Å². The number of likely N-dealkylation sites (N-methyl/N-ethyl adjacent to an activating group) is 1. The standard InChI is InChI=1S/C25H28N2O6S/c1-25(2)21-9-4-5-10-22(21)26(3)23(25)16-19(28)17-33-24(29)18-7-6-8-20(15-18)34(30,31)27-11-13-32-14-12-27/h4-10,15-16H,11-14,17H2,1-3H3. The Morgan fingerprint density at radius 3 is 2.50 bits per heavy atom. The molecule has 0 unspecified atom stereocenters. The van der Waals surface area contributed by atoms with Gasteiger partial charge in [0.05, 0.1) is 23.7 Å². The van der Waals surface area contributed by atoms with Gasteiger partial charge in [0, 0.05) is 43.0 Å². The van der Waals surface area contributed by atoms with E-state index in [1.807, 2.05) is 50.1 Å². The molecule has 2 aliphatic rings. The first-order valence-corrected chi connectivity index (χ1v) is 12.5. The van der Waals surface area contributed by atoms with Crippen LogP contribution in [0.3, 0.4) is 0 Å². The second kappa shape index (κ2) is 9.32. The molecule has 2 aliphatic heterocycles. The van der Waals surface area contributed by atoms with E-state index in [1.165, 1.54) is 34.6 Å². The van der Waals surface area contributed by atoms with Crippen LogP contribution in [-0.2, 0) is 29.7 Å². The lowest BCUT2D eigenvalue weighted by atomic mass is 9.83. The van der Waals surface area contributed by atoms with Crippen LogP contribution in [0.2, 0.25) is 0 Å². The molecule has 0 saturated carbocycles. The van der Waals surface area contributed by atoms with Crippen molar-refractivity contribution < 1.29 is 27.5 Å². The zero-order chi connectivity index (χ0) is 24.5. The number of sulfonamides is 1. The largest absolute Gasteiger partial charge is 0.454 e. The van der Waals surface area contributed by atoms with Gasteiger partial charge in [0.1, 0.15) is 0 Å². The van der Waals surface area contributed by atoms with E-state index < -0.39 is 22.6 Å². The van der Waals surface area contributed by atoms with Crippen LogP contribution in [0.1, 0.15) is 29.8 Å². The van der Waals surface area contributed by atoms with Crippen molar-refractivity contribution in [3.8, 4) is 0 Å². The highest BCUT2D eigenvalue weighted by atomic mass is 32.2. The number of ketones is 1. The van der Waals surface area contributed by atoms with Gasteiger partial charge in [-0.2, -0.15) is 4.31 Å². The fourth-order valence-electron chi connectivity index (χ4n) is 4.39. The number of anilines is 1. The van der Waals surface area contributed by atoms with Gasteiger partial charge in [-0.1, -0.05) is 38.1 Å². The lowest BCUT2D eigenvalue weighted by Gasteiger charge is -2.26. The number of fused-ring (bicyclic) bond motifs is 1. The monoisotopic (exact) mass is 484 g/mol. The molecule has 0 N–H and O–H groups in total. The molecule has 180 valence electrons. The minimum absolute atomic E-state index is 0.00406. The Balaban J connectivity index is 1.44. The summed E-state index contributed by atoms with van der Waals surface area (Å²) < 4.78 is 37.5. The van der Waals surface area contributed by atoms with E-state index in [2.05, 4.69) is 0 Å². The number of hydrogen-bond acceptors (Lipinski definition) is 7. The Hall–Kier alpha value is -3.01. The fraction of sp³-hybridized carbons (Fsp3) is 0.360. The lowest BCUT2D eigenvalue weighted by Crippen LogP contribution is -2.40. The fourth-order valence-corrected chi connectivity index (χ4v) is 5.85. The topological polar surface area (TPSA) is 93.2 Å². The molecule has 9 heteroatoms. The molecule has 8 nitrogen and oxygen atoms in total. The molecule has 0 atom stereocenters. The zero-order valence-corrected chi connectivity index (χ0v) is 20.3. The molecule has 0 amide bonds. The van der Waals surface area contributed by atoms with Crippen molar-refractivity contribution in [1.82, 2.24) is 4.31 Å². The molecule has 2 heterocycles. The van der Waals surface area contributed by atoms with Gasteiger partial charge in [0.15, 0.2) is 12.4 Å². The zero-order valence-electron chi connectivity index (χ0n) is 19.5. The van der Waals surface area contributed by atoms with Crippen molar-refractivity contribution in [2.24, 2.45) is 0 Å². The third kappa shape index (κ3) is 4.51. The van der Waals surface area contributed by atoms with E-state index >= 15 is 0 Å². The number of hydrogen-bond donors (Lipinski definition) is 0. The summed E-state index contributed by atoms with van der Waals surface area (Å²) in [6, 6.07) is 13.6. The molecule has 2 aromatic carbocycles. The Bertz CT molecular complexity index is 1250. The minimum atomic E-state index is -3.75. The van der Waals surface area contributed by atoms with Crippen LogP contribution >= 0.6 is 0 Å². The summed E-state index contributed by atoms with van der Waals surface area (Å²) in [4.78, 5) is 27.2. The minimum Gasteiger partial charge on any atom is -0.454 e. The highest BCUT2D eigenvalue weighted by molar-refractivity contribution is 7.89. The molecule has 0 aromatic heterocycles. The van der Waals surface area contributed by atoms with Gasteiger partial charge in [0.25, 0.3) is 0 Å². The predicted molar refractivity (Wildman–Crippen MR) is 127 cm³/mol. The summed E-state index contributed by atoms with van der Waals surface area (Å²) in [5.74, 6) is -1.11. The third-order valence-electron chi connectivity index (χ3n) is 6.26. The van der Waals surface area contributed by atoms with Gasteiger partial charge in [-0.15, -0.1) is 0 Å². The van der Waals surface area contributed by atoms with Gasteiger partial charge in [0.2, 0.25) is 10.0 Å². The number of allylic oxidation sites excluding steroid dienone is 1. The van der Waals surface area contributed by atoms with Gasteiger partial charge in [-0.25, -0.2) is 13.2 Å². The number of nitrogens with zero attached hydrogens (tertiary/aromatic N) is 2. The van der Waals surface area contributed by atoms with E-state index in [-0.39, 0.29) is 34.7 Å². The molecular formula is C25H28N2O6S. The van der Waals surface area contributed by atoms with Gasteiger partial charge in [-0.3, -0.25) is 4.79 Å². The van der Waals surface area contributed by atoms with E-state index in [0.717, 1.165) is 16.9 Å². The molecule has 1 fully saturated rings. The summed E-state index contributed by atoms with van der Waals surface area (Å²) >= 11 is 0. The first-order valence-electron chi connectivity index (χ1n) is 11.1. The number of benzene rings is 2. The van der Waals surface area contributed by atoms with Crippen LogP contribution < -0.4 is 4.90 Å². The Kier molecular flexibility index (Phi) is 6.62. The van der Waals surface area contributed by atoms with Crippen LogP contribution in [0.4, 0.5) is 5.69 Å². The smallest absolute Gasteiger partial charge is 0.338 e. The van der Waals surface area contributed by atoms with Crippen LogP contribution in [0, 0.1) is 0 Å². The average molecular weight is 485 g/mol. The van der Waals surface area contributed by atoms with Crippen molar-refractivity contribution in [1.29, 1.82) is 0 Å². The predicted octanol–water partition coefficient (Wildman–Crippen LogP) is 2.74. The van der Waals surface area contributed by atoms with Crippen LogP contribution in [-0.4, -0.2) is 64.4 Å². The number of esters is 1. The number of carbonyl (C=O) groups excluding carboxylic acids is 2. The summed E-state index contributed by atoms with van der Waals surface area (Å²) in [5.41, 5.74) is 2.66. The second-order valence-electron chi connectivity index (χ2n) is 8.82. The summed E-state index contributed by atoms with van der Waals surface area (Å²) in [6.45, 7) is 4.82. The maximum atomic E-state index is 12.9. The highest BCUT2D eigenvalue weighted by Gasteiger charge is 2.38. The Labute approximate surface area is 199 Å². The molecule has 0 radical (unpaired) electrons. The number of rotatable bonds is 6.